The van der Waals surface area contributed by atoms with Crippen molar-refractivity contribution in [1.82, 2.24) is 10.2 Å². The van der Waals surface area contributed by atoms with Crippen LogP contribution >= 0.6 is 0 Å². The standard InChI is InChI=1S/C16H28N2O/c1-5-17-13-15-9-7-8-10-16(15)19-12-11-18(6-2)14(3)4/h7-10,14,17H,5-6,11-13H2,1-4H3. The number of ether oxygens (including phenoxy) is 1. The lowest BCUT2D eigenvalue weighted by Crippen LogP contribution is -2.34. The molecular weight excluding hydrogens is 236 g/mol. The van der Waals surface area contributed by atoms with Crippen LogP contribution in [-0.4, -0.2) is 37.2 Å². The molecule has 0 heterocycles. The highest BCUT2D eigenvalue weighted by atomic mass is 16.5. The molecule has 3 heteroatoms. The first-order chi connectivity index (χ1) is 9.19. The molecule has 1 N–H and O–H groups in total. The average molecular weight is 264 g/mol. The van der Waals surface area contributed by atoms with Crippen LogP contribution in [0.5, 0.6) is 5.75 Å². The lowest BCUT2D eigenvalue weighted by atomic mass is 10.2. The number of para-hydroxylation sites is 1. The molecule has 0 atom stereocenters. The molecule has 0 bridgehead atoms. The first kappa shape index (κ1) is 16.0. The van der Waals surface area contributed by atoms with Crippen LogP contribution in [0.4, 0.5) is 0 Å². The molecule has 1 rings (SSSR count). The van der Waals surface area contributed by atoms with E-state index in [0.29, 0.717) is 6.04 Å². The van der Waals surface area contributed by atoms with E-state index in [9.17, 15) is 0 Å². The van der Waals surface area contributed by atoms with E-state index in [-0.39, 0.29) is 0 Å². The van der Waals surface area contributed by atoms with E-state index in [1.165, 1.54) is 5.56 Å². The minimum Gasteiger partial charge on any atom is -0.492 e. The maximum absolute atomic E-state index is 5.94. The Labute approximate surface area is 118 Å². The predicted molar refractivity (Wildman–Crippen MR) is 81.7 cm³/mol. The number of hydrogen-bond donors (Lipinski definition) is 1. The molecule has 0 saturated heterocycles. The summed E-state index contributed by atoms with van der Waals surface area (Å²) < 4.78 is 5.94. The highest BCUT2D eigenvalue weighted by molar-refractivity contribution is 5.33. The zero-order chi connectivity index (χ0) is 14.1. The molecule has 3 nitrogen and oxygen atoms in total. The fourth-order valence-corrected chi connectivity index (χ4v) is 2.10. The number of hydrogen-bond acceptors (Lipinski definition) is 3. The van der Waals surface area contributed by atoms with Crippen molar-refractivity contribution in [3.8, 4) is 5.75 Å². The Hall–Kier alpha value is -1.06. The van der Waals surface area contributed by atoms with Gasteiger partial charge in [-0.3, -0.25) is 4.90 Å². The highest BCUT2D eigenvalue weighted by Gasteiger charge is 2.07. The second-order valence-electron chi connectivity index (χ2n) is 4.96. The third-order valence-corrected chi connectivity index (χ3v) is 3.31. The fraction of sp³-hybridized carbons (Fsp3) is 0.625. The number of likely N-dealkylation sites (N-methyl/N-ethyl adjacent to an activating group) is 1. The van der Waals surface area contributed by atoms with Crippen molar-refractivity contribution in [2.45, 2.75) is 40.3 Å². The minimum atomic E-state index is 0.575. The molecule has 0 unspecified atom stereocenters. The van der Waals surface area contributed by atoms with Crippen LogP contribution in [0.25, 0.3) is 0 Å². The van der Waals surface area contributed by atoms with E-state index in [4.69, 9.17) is 4.74 Å². The third kappa shape index (κ3) is 5.62. The number of nitrogens with one attached hydrogen (secondary N) is 1. The molecule has 1 aromatic rings. The third-order valence-electron chi connectivity index (χ3n) is 3.31. The second kappa shape index (κ2) is 8.94. The smallest absolute Gasteiger partial charge is 0.123 e. The van der Waals surface area contributed by atoms with E-state index in [1.54, 1.807) is 0 Å². The Morgan fingerprint density at radius 3 is 2.58 bits per heavy atom. The van der Waals surface area contributed by atoms with Crippen LogP contribution in [0, 0.1) is 0 Å². The van der Waals surface area contributed by atoms with E-state index in [2.05, 4.69) is 56.1 Å². The highest BCUT2D eigenvalue weighted by Crippen LogP contribution is 2.17. The van der Waals surface area contributed by atoms with Crippen LogP contribution in [0.2, 0.25) is 0 Å². The summed E-state index contributed by atoms with van der Waals surface area (Å²) in [7, 11) is 0. The fourth-order valence-electron chi connectivity index (χ4n) is 2.10. The zero-order valence-corrected chi connectivity index (χ0v) is 12.8. The van der Waals surface area contributed by atoms with Crippen molar-refractivity contribution in [1.29, 1.82) is 0 Å². The van der Waals surface area contributed by atoms with Crippen molar-refractivity contribution in [3.63, 3.8) is 0 Å². The van der Waals surface area contributed by atoms with Gasteiger partial charge in [0.1, 0.15) is 12.4 Å². The summed E-state index contributed by atoms with van der Waals surface area (Å²) in [6.45, 7) is 13.4. The van der Waals surface area contributed by atoms with Gasteiger partial charge in [0.25, 0.3) is 0 Å². The molecule has 0 spiro atoms. The van der Waals surface area contributed by atoms with Gasteiger partial charge in [0.2, 0.25) is 0 Å². The summed E-state index contributed by atoms with van der Waals surface area (Å²) in [4.78, 5) is 2.41. The summed E-state index contributed by atoms with van der Waals surface area (Å²) >= 11 is 0. The van der Waals surface area contributed by atoms with E-state index < -0.39 is 0 Å². The molecule has 0 fully saturated rings. The van der Waals surface area contributed by atoms with E-state index in [0.717, 1.165) is 38.5 Å². The largest absolute Gasteiger partial charge is 0.492 e. The lowest BCUT2D eigenvalue weighted by Gasteiger charge is -2.24. The van der Waals surface area contributed by atoms with Gasteiger partial charge in [-0.25, -0.2) is 0 Å². The summed E-state index contributed by atoms with van der Waals surface area (Å²) in [6.07, 6.45) is 0. The Bertz CT molecular complexity index is 352. The molecule has 0 aliphatic carbocycles. The molecule has 0 amide bonds. The quantitative estimate of drug-likeness (QED) is 0.742. The Morgan fingerprint density at radius 2 is 1.95 bits per heavy atom. The van der Waals surface area contributed by atoms with Crippen molar-refractivity contribution >= 4 is 0 Å². The van der Waals surface area contributed by atoms with Gasteiger partial charge < -0.3 is 10.1 Å². The van der Waals surface area contributed by atoms with Crippen LogP contribution in [-0.2, 0) is 6.54 Å². The first-order valence-corrected chi connectivity index (χ1v) is 7.34. The van der Waals surface area contributed by atoms with Crippen molar-refractivity contribution in [3.05, 3.63) is 29.8 Å². The molecule has 0 saturated carbocycles. The van der Waals surface area contributed by atoms with Gasteiger partial charge in [0.05, 0.1) is 0 Å². The monoisotopic (exact) mass is 264 g/mol. The van der Waals surface area contributed by atoms with Gasteiger partial charge in [-0.15, -0.1) is 0 Å². The van der Waals surface area contributed by atoms with Crippen LogP contribution in [0.1, 0.15) is 33.3 Å². The lowest BCUT2D eigenvalue weighted by molar-refractivity contribution is 0.183. The van der Waals surface area contributed by atoms with Crippen molar-refractivity contribution in [2.75, 3.05) is 26.2 Å². The van der Waals surface area contributed by atoms with Crippen LogP contribution < -0.4 is 10.1 Å². The minimum absolute atomic E-state index is 0.575. The molecule has 1 aromatic carbocycles. The molecule has 108 valence electrons. The maximum Gasteiger partial charge on any atom is 0.123 e. The second-order valence-corrected chi connectivity index (χ2v) is 4.96. The number of benzene rings is 1. The van der Waals surface area contributed by atoms with Crippen molar-refractivity contribution < 1.29 is 4.74 Å². The van der Waals surface area contributed by atoms with Gasteiger partial charge in [0, 0.05) is 24.7 Å². The SMILES string of the molecule is CCNCc1ccccc1OCCN(CC)C(C)C. The van der Waals surface area contributed by atoms with Crippen LogP contribution in [0.3, 0.4) is 0 Å². The normalized spacial score (nSPS) is 11.3. The average Bonchev–Trinajstić information content (AvgIpc) is 2.42. The van der Waals surface area contributed by atoms with Gasteiger partial charge in [-0.2, -0.15) is 0 Å². The molecule has 0 aliphatic heterocycles. The Balaban J connectivity index is 2.48. The van der Waals surface area contributed by atoms with Crippen molar-refractivity contribution in [2.24, 2.45) is 0 Å². The summed E-state index contributed by atoms with van der Waals surface area (Å²) in [5.41, 5.74) is 1.23. The van der Waals surface area contributed by atoms with Gasteiger partial charge in [-0.05, 0) is 33.0 Å². The number of rotatable bonds is 9. The Morgan fingerprint density at radius 1 is 1.21 bits per heavy atom. The molecule has 19 heavy (non-hydrogen) atoms. The predicted octanol–water partition coefficient (Wildman–Crippen LogP) is 2.91. The topological polar surface area (TPSA) is 24.5 Å². The molecular formula is C16H28N2O. The van der Waals surface area contributed by atoms with E-state index >= 15 is 0 Å². The van der Waals surface area contributed by atoms with Gasteiger partial charge >= 0.3 is 0 Å². The zero-order valence-electron chi connectivity index (χ0n) is 12.8. The van der Waals surface area contributed by atoms with Crippen LogP contribution in [0.15, 0.2) is 24.3 Å². The summed E-state index contributed by atoms with van der Waals surface area (Å²) in [6, 6.07) is 8.85. The Kier molecular flexibility index (Phi) is 7.53. The molecule has 0 radical (unpaired) electrons. The first-order valence-electron chi connectivity index (χ1n) is 7.34. The maximum atomic E-state index is 5.94. The van der Waals surface area contributed by atoms with E-state index in [1.807, 2.05) is 6.07 Å². The summed E-state index contributed by atoms with van der Waals surface area (Å²) in [5.74, 6) is 1.00. The summed E-state index contributed by atoms with van der Waals surface area (Å²) in [5, 5.41) is 3.34. The molecule has 0 aromatic heterocycles. The number of nitrogens with zero attached hydrogens (tertiary/aromatic N) is 1. The van der Waals surface area contributed by atoms with Gasteiger partial charge in [-0.1, -0.05) is 32.0 Å². The molecule has 0 aliphatic rings. The van der Waals surface area contributed by atoms with Gasteiger partial charge in [0.15, 0.2) is 0 Å².